The normalized spacial score (nSPS) is 19.4. The Kier molecular flexibility index (Phi) is 6.44. The van der Waals surface area contributed by atoms with E-state index >= 15 is 0 Å². The molecule has 7 heteroatoms. The van der Waals surface area contributed by atoms with Crippen molar-refractivity contribution >= 4 is 11.9 Å². The van der Waals surface area contributed by atoms with Crippen molar-refractivity contribution in [3.63, 3.8) is 0 Å². The molecule has 0 spiro atoms. The molecule has 0 aliphatic heterocycles. The van der Waals surface area contributed by atoms with Crippen LogP contribution in [0.4, 0.5) is 4.39 Å². The summed E-state index contributed by atoms with van der Waals surface area (Å²) in [4.78, 5) is 25.5. The number of aromatic nitrogens is 2. The van der Waals surface area contributed by atoms with Crippen molar-refractivity contribution in [3.8, 4) is 11.3 Å². The third kappa shape index (κ3) is 4.97. The van der Waals surface area contributed by atoms with Gasteiger partial charge in [-0.25, -0.2) is 4.39 Å². The zero-order valence-electron chi connectivity index (χ0n) is 16.0. The highest BCUT2D eigenvalue weighted by Gasteiger charge is 2.32. The molecule has 150 valence electrons. The molecule has 1 aromatic heterocycles. The van der Waals surface area contributed by atoms with Gasteiger partial charge in [-0.15, -0.1) is 0 Å². The van der Waals surface area contributed by atoms with Gasteiger partial charge in [0.05, 0.1) is 11.6 Å². The number of nitrogens with zero attached hydrogens (tertiary/aromatic N) is 2. The number of carboxylic acids is 1. The van der Waals surface area contributed by atoms with Crippen LogP contribution < -0.4 is 0 Å². The van der Waals surface area contributed by atoms with Crippen molar-refractivity contribution in [3.05, 3.63) is 41.8 Å². The number of halogens is 1. The molecule has 28 heavy (non-hydrogen) atoms. The van der Waals surface area contributed by atoms with Crippen molar-refractivity contribution in [2.75, 3.05) is 13.6 Å². The zero-order valence-corrected chi connectivity index (χ0v) is 16.0. The summed E-state index contributed by atoms with van der Waals surface area (Å²) in [6.45, 7) is 0.599. The minimum absolute atomic E-state index is 0.0380. The molecule has 1 aromatic carbocycles. The largest absolute Gasteiger partial charge is 0.481 e. The number of rotatable bonds is 7. The molecular formula is C21H26FN3O3. The maximum absolute atomic E-state index is 13.3. The van der Waals surface area contributed by atoms with E-state index in [1.807, 2.05) is 12.1 Å². The highest BCUT2D eigenvalue weighted by atomic mass is 19.1. The Morgan fingerprint density at radius 1 is 1.29 bits per heavy atom. The van der Waals surface area contributed by atoms with Crippen molar-refractivity contribution in [1.29, 1.82) is 0 Å². The standard InChI is InChI=1S/C21H26FN3O3/c1-25(20(26)15-6-2-7-16(11-15)21(27)28)10-4-9-18-13-19(24-23-18)14-5-3-8-17(22)12-14/h3,5,8,12-13,15-16H,2,4,6-7,9-11H2,1H3,(H,23,24)(H,27,28). The molecule has 1 fully saturated rings. The summed E-state index contributed by atoms with van der Waals surface area (Å²) >= 11 is 0. The van der Waals surface area contributed by atoms with Gasteiger partial charge < -0.3 is 10.0 Å². The Balaban J connectivity index is 1.48. The van der Waals surface area contributed by atoms with E-state index in [2.05, 4.69) is 10.2 Å². The summed E-state index contributed by atoms with van der Waals surface area (Å²) in [7, 11) is 1.78. The molecule has 1 heterocycles. The van der Waals surface area contributed by atoms with E-state index in [1.165, 1.54) is 12.1 Å². The van der Waals surface area contributed by atoms with Gasteiger partial charge in [0.2, 0.25) is 5.91 Å². The number of carbonyl (C=O) groups is 2. The summed E-state index contributed by atoms with van der Waals surface area (Å²) in [5.74, 6) is -1.64. The van der Waals surface area contributed by atoms with E-state index in [0.717, 1.165) is 36.9 Å². The SMILES string of the molecule is CN(CCCc1cc(-c2cccc(F)c2)n[nH]1)C(=O)C1CCCC(C(=O)O)C1. The van der Waals surface area contributed by atoms with Crippen molar-refractivity contribution in [2.45, 2.75) is 38.5 Å². The van der Waals surface area contributed by atoms with Gasteiger partial charge in [0.25, 0.3) is 0 Å². The Bertz CT molecular complexity index is 836. The number of hydrogen-bond acceptors (Lipinski definition) is 3. The van der Waals surface area contributed by atoms with Gasteiger partial charge in [0.15, 0.2) is 0 Å². The average molecular weight is 387 g/mol. The highest BCUT2D eigenvalue weighted by Crippen LogP contribution is 2.30. The Labute approximate surface area is 163 Å². The lowest BCUT2D eigenvalue weighted by Crippen LogP contribution is -2.37. The molecule has 1 aliphatic rings. The van der Waals surface area contributed by atoms with E-state index in [4.69, 9.17) is 0 Å². The predicted octanol–water partition coefficient (Wildman–Crippen LogP) is 3.50. The quantitative estimate of drug-likeness (QED) is 0.761. The monoisotopic (exact) mass is 387 g/mol. The number of aromatic amines is 1. The molecule has 0 saturated heterocycles. The summed E-state index contributed by atoms with van der Waals surface area (Å²) in [5.41, 5.74) is 2.35. The van der Waals surface area contributed by atoms with E-state index in [9.17, 15) is 19.1 Å². The van der Waals surface area contributed by atoms with Crippen molar-refractivity contribution < 1.29 is 19.1 Å². The molecule has 1 aliphatic carbocycles. The van der Waals surface area contributed by atoms with E-state index in [-0.39, 0.29) is 17.6 Å². The summed E-state index contributed by atoms with van der Waals surface area (Å²) in [6.07, 6.45) is 4.15. The molecule has 1 saturated carbocycles. The number of aryl methyl sites for hydroxylation is 1. The first-order chi connectivity index (χ1) is 13.4. The lowest BCUT2D eigenvalue weighted by molar-refractivity contribution is -0.145. The second-order valence-corrected chi connectivity index (χ2v) is 7.55. The number of amides is 1. The number of carbonyl (C=O) groups excluding carboxylic acids is 1. The predicted molar refractivity (Wildman–Crippen MR) is 103 cm³/mol. The lowest BCUT2D eigenvalue weighted by Gasteiger charge is -2.29. The van der Waals surface area contributed by atoms with Crippen LogP contribution in [0.15, 0.2) is 30.3 Å². The number of carboxylic acid groups (broad SMARTS) is 1. The van der Waals surface area contributed by atoms with Gasteiger partial charge in [0, 0.05) is 30.8 Å². The Hall–Kier alpha value is -2.70. The molecule has 0 bridgehead atoms. The van der Waals surface area contributed by atoms with Crippen LogP contribution in [0.1, 0.15) is 37.8 Å². The average Bonchev–Trinajstić information content (AvgIpc) is 3.16. The van der Waals surface area contributed by atoms with Crippen LogP contribution in [0.25, 0.3) is 11.3 Å². The first kappa shape index (κ1) is 20.0. The smallest absolute Gasteiger partial charge is 0.306 e. The van der Waals surface area contributed by atoms with Crippen LogP contribution in [-0.2, 0) is 16.0 Å². The van der Waals surface area contributed by atoms with Gasteiger partial charge >= 0.3 is 5.97 Å². The fourth-order valence-electron chi connectivity index (χ4n) is 3.85. The van der Waals surface area contributed by atoms with Crippen molar-refractivity contribution in [2.24, 2.45) is 11.8 Å². The number of nitrogens with one attached hydrogen (secondary N) is 1. The molecule has 6 nitrogen and oxygen atoms in total. The maximum atomic E-state index is 13.3. The molecule has 2 aromatic rings. The van der Waals surface area contributed by atoms with Crippen LogP contribution >= 0.6 is 0 Å². The molecule has 3 rings (SSSR count). The van der Waals surface area contributed by atoms with Crippen LogP contribution in [0.5, 0.6) is 0 Å². The zero-order chi connectivity index (χ0) is 20.1. The Morgan fingerprint density at radius 2 is 2.07 bits per heavy atom. The highest BCUT2D eigenvalue weighted by molar-refractivity contribution is 5.80. The van der Waals surface area contributed by atoms with E-state index in [0.29, 0.717) is 25.1 Å². The second kappa shape index (κ2) is 8.99. The first-order valence-electron chi connectivity index (χ1n) is 9.72. The third-order valence-corrected chi connectivity index (χ3v) is 5.44. The molecule has 2 atom stereocenters. The molecule has 0 radical (unpaired) electrons. The Morgan fingerprint density at radius 3 is 2.82 bits per heavy atom. The van der Waals surface area contributed by atoms with Crippen LogP contribution in [-0.4, -0.2) is 45.7 Å². The fraction of sp³-hybridized carbons (Fsp3) is 0.476. The summed E-state index contributed by atoms with van der Waals surface area (Å²) < 4.78 is 13.3. The van der Waals surface area contributed by atoms with Crippen LogP contribution in [0.2, 0.25) is 0 Å². The molecule has 2 unspecified atom stereocenters. The van der Waals surface area contributed by atoms with Gasteiger partial charge in [-0.1, -0.05) is 18.6 Å². The topological polar surface area (TPSA) is 86.3 Å². The molecular weight excluding hydrogens is 361 g/mol. The van der Waals surface area contributed by atoms with E-state index in [1.54, 1.807) is 18.0 Å². The fourth-order valence-corrected chi connectivity index (χ4v) is 3.85. The minimum atomic E-state index is -0.798. The minimum Gasteiger partial charge on any atom is -0.481 e. The van der Waals surface area contributed by atoms with E-state index < -0.39 is 11.9 Å². The van der Waals surface area contributed by atoms with Gasteiger partial charge in [0.1, 0.15) is 5.82 Å². The van der Waals surface area contributed by atoms with Crippen LogP contribution in [0.3, 0.4) is 0 Å². The first-order valence-corrected chi connectivity index (χ1v) is 9.72. The van der Waals surface area contributed by atoms with Gasteiger partial charge in [-0.2, -0.15) is 5.10 Å². The molecule has 1 amide bonds. The maximum Gasteiger partial charge on any atom is 0.306 e. The number of aliphatic carboxylic acids is 1. The second-order valence-electron chi connectivity index (χ2n) is 7.55. The summed E-state index contributed by atoms with van der Waals surface area (Å²) in [6, 6.07) is 8.20. The van der Waals surface area contributed by atoms with Gasteiger partial charge in [-0.3, -0.25) is 14.7 Å². The number of H-pyrrole nitrogens is 1. The number of hydrogen-bond donors (Lipinski definition) is 2. The molecule has 2 N–H and O–H groups in total. The lowest BCUT2D eigenvalue weighted by atomic mass is 9.81. The van der Waals surface area contributed by atoms with Crippen LogP contribution in [0, 0.1) is 17.7 Å². The van der Waals surface area contributed by atoms with Gasteiger partial charge in [-0.05, 0) is 50.3 Å². The third-order valence-electron chi connectivity index (χ3n) is 5.44. The van der Waals surface area contributed by atoms with Crippen molar-refractivity contribution in [1.82, 2.24) is 15.1 Å². The summed E-state index contributed by atoms with van der Waals surface area (Å²) in [5, 5.41) is 16.4. The number of benzene rings is 1.